The number of hydrogen-bond donors (Lipinski definition) is 2. The lowest BCUT2D eigenvalue weighted by Crippen LogP contribution is -1.86. The molecule has 0 fully saturated rings. The molecule has 3 N–H and O–H groups in total. The summed E-state index contributed by atoms with van der Waals surface area (Å²) in [4.78, 5) is 0. The van der Waals surface area contributed by atoms with Gasteiger partial charge in [0.1, 0.15) is 0 Å². The third kappa shape index (κ3) is 2.07. The van der Waals surface area contributed by atoms with Crippen LogP contribution in [0.3, 0.4) is 0 Å². The van der Waals surface area contributed by atoms with Gasteiger partial charge in [-0.25, -0.2) is 0 Å². The van der Waals surface area contributed by atoms with E-state index in [2.05, 4.69) is 32.8 Å². The Morgan fingerprint density at radius 1 is 1.33 bits per heavy atom. The highest BCUT2D eigenvalue weighted by Gasteiger charge is 2.12. The van der Waals surface area contributed by atoms with Crippen LogP contribution < -0.4 is 5.73 Å². The van der Waals surface area contributed by atoms with Crippen molar-refractivity contribution in [3.8, 4) is 11.3 Å². The molecule has 0 bridgehead atoms. The van der Waals surface area contributed by atoms with E-state index in [1.54, 1.807) is 18.2 Å². The summed E-state index contributed by atoms with van der Waals surface area (Å²) in [5.74, 6) is 0.460. The van der Waals surface area contributed by atoms with E-state index >= 15 is 0 Å². The lowest BCUT2D eigenvalue weighted by Gasteiger charge is -2.02. The smallest absolute Gasteiger partial charge is 0.159 e. The first-order chi connectivity index (χ1) is 7.09. The summed E-state index contributed by atoms with van der Waals surface area (Å²) >= 11 is 14.1. The zero-order chi connectivity index (χ0) is 11.0. The largest absolute Gasteiger partial charge is 0.381 e. The van der Waals surface area contributed by atoms with Gasteiger partial charge in [0.05, 0.1) is 14.3 Å². The quantitative estimate of drug-likeness (QED) is 0.770. The lowest BCUT2D eigenvalue weighted by molar-refractivity contribution is 1.10. The van der Waals surface area contributed by atoms with Crippen LogP contribution in [0.5, 0.6) is 0 Å². The van der Waals surface area contributed by atoms with Gasteiger partial charge in [0.2, 0.25) is 0 Å². The normalized spacial score (nSPS) is 10.6. The summed E-state index contributed by atoms with van der Waals surface area (Å²) in [6, 6.07) is 5.26. The van der Waals surface area contributed by atoms with E-state index in [9.17, 15) is 0 Å². The number of benzene rings is 1. The molecule has 1 heterocycles. The summed E-state index contributed by atoms with van der Waals surface area (Å²) < 4.78 is 0.844. The Hall–Kier alpha value is -0.460. The van der Waals surface area contributed by atoms with Crippen LogP contribution in [0.15, 0.2) is 18.2 Å². The van der Waals surface area contributed by atoms with Crippen molar-refractivity contribution in [3.63, 3.8) is 0 Å². The number of aromatic nitrogens is 2. The number of halogens is 3. The van der Waals surface area contributed by atoms with Crippen LogP contribution in [0.1, 0.15) is 0 Å². The second-order valence-electron chi connectivity index (χ2n) is 2.92. The molecule has 6 heteroatoms. The molecular formula is C9H6Cl2IN3. The first-order valence-corrected chi connectivity index (χ1v) is 5.88. The van der Waals surface area contributed by atoms with Crippen LogP contribution in [0.2, 0.25) is 10.0 Å². The van der Waals surface area contributed by atoms with E-state index in [4.69, 9.17) is 28.9 Å². The van der Waals surface area contributed by atoms with Crippen molar-refractivity contribution in [2.75, 3.05) is 5.73 Å². The van der Waals surface area contributed by atoms with Gasteiger partial charge in [0.15, 0.2) is 5.82 Å². The molecule has 0 radical (unpaired) electrons. The zero-order valence-electron chi connectivity index (χ0n) is 7.39. The molecule has 0 unspecified atom stereocenters. The number of anilines is 1. The number of nitrogens with zero attached hydrogens (tertiary/aromatic N) is 1. The van der Waals surface area contributed by atoms with Gasteiger partial charge in [-0.15, -0.1) is 0 Å². The maximum atomic E-state index is 6.06. The molecule has 0 aliphatic heterocycles. The van der Waals surface area contributed by atoms with E-state index < -0.39 is 0 Å². The minimum Gasteiger partial charge on any atom is -0.381 e. The Labute approximate surface area is 110 Å². The molecule has 0 aliphatic carbocycles. The van der Waals surface area contributed by atoms with Gasteiger partial charge in [0, 0.05) is 10.6 Å². The van der Waals surface area contributed by atoms with Gasteiger partial charge >= 0.3 is 0 Å². The number of nitrogen functional groups attached to an aromatic ring is 1. The Morgan fingerprint density at radius 3 is 2.67 bits per heavy atom. The van der Waals surface area contributed by atoms with Gasteiger partial charge in [0.25, 0.3) is 0 Å². The summed E-state index contributed by atoms with van der Waals surface area (Å²) in [5, 5.41) is 7.97. The van der Waals surface area contributed by atoms with Crippen LogP contribution in [-0.4, -0.2) is 10.2 Å². The van der Waals surface area contributed by atoms with Crippen LogP contribution in [0.4, 0.5) is 5.82 Å². The van der Waals surface area contributed by atoms with Crippen molar-refractivity contribution >= 4 is 51.6 Å². The third-order valence-corrected chi connectivity index (χ3v) is 3.59. The van der Waals surface area contributed by atoms with Crippen LogP contribution >= 0.6 is 45.8 Å². The first kappa shape index (κ1) is 11.0. The van der Waals surface area contributed by atoms with Crippen LogP contribution in [0.25, 0.3) is 11.3 Å². The maximum absolute atomic E-state index is 6.06. The molecule has 0 saturated heterocycles. The Morgan fingerprint density at radius 2 is 2.07 bits per heavy atom. The molecule has 0 amide bonds. The maximum Gasteiger partial charge on any atom is 0.159 e. The average molecular weight is 354 g/mol. The SMILES string of the molecule is Nc1n[nH]c(-c2cc(Cl)ccc2Cl)c1I. The molecule has 3 nitrogen and oxygen atoms in total. The third-order valence-electron chi connectivity index (χ3n) is 1.93. The van der Waals surface area contributed by atoms with E-state index in [0.717, 1.165) is 14.8 Å². The van der Waals surface area contributed by atoms with Gasteiger partial charge in [-0.1, -0.05) is 23.2 Å². The monoisotopic (exact) mass is 353 g/mol. The van der Waals surface area contributed by atoms with Crippen molar-refractivity contribution in [2.24, 2.45) is 0 Å². The number of nitrogens with two attached hydrogens (primary N) is 1. The van der Waals surface area contributed by atoms with Crippen molar-refractivity contribution in [3.05, 3.63) is 31.8 Å². The minimum atomic E-state index is 0.460. The van der Waals surface area contributed by atoms with E-state index in [1.165, 1.54) is 0 Å². The summed E-state index contributed by atoms with van der Waals surface area (Å²) in [7, 11) is 0. The molecule has 0 atom stereocenters. The fraction of sp³-hybridized carbons (Fsp3) is 0. The summed E-state index contributed by atoms with van der Waals surface area (Å²) in [5.41, 5.74) is 7.24. The Balaban J connectivity index is 2.63. The van der Waals surface area contributed by atoms with Crippen molar-refractivity contribution < 1.29 is 0 Å². The highest BCUT2D eigenvalue weighted by atomic mass is 127. The second kappa shape index (κ2) is 4.19. The van der Waals surface area contributed by atoms with Crippen molar-refractivity contribution in [2.45, 2.75) is 0 Å². The molecule has 15 heavy (non-hydrogen) atoms. The molecule has 2 rings (SSSR count). The van der Waals surface area contributed by atoms with Crippen LogP contribution in [0, 0.1) is 3.57 Å². The van der Waals surface area contributed by atoms with Gasteiger partial charge in [-0.3, -0.25) is 5.10 Å². The van der Waals surface area contributed by atoms with Crippen molar-refractivity contribution in [1.29, 1.82) is 0 Å². The van der Waals surface area contributed by atoms with Gasteiger partial charge in [-0.05, 0) is 40.8 Å². The number of nitrogens with one attached hydrogen (secondary N) is 1. The molecule has 0 spiro atoms. The molecule has 0 aliphatic rings. The summed E-state index contributed by atoms with van der Waals surface area (Å²) in [6.45, 7) is 0. The molecule has 1 aromatic carbocycles. The molecule has 78 valence electrons. The predicted octanol–water partition coefficient (Wildman–Crippen LogP) is 3.57. The number of H-pyrrole nitrogens is 1. The number of rotatable bonds is 1. The van der Waals surface area contributed by atoms with Gasteiger partial charge < -0.3 is 5.73 Å². The molecule has 1 aromatic heterocycles. The topological polar surface area (TPSA) is 54.7 Å². The first-order valence-electron chi connectivity index (χ1n) is 4.04. The Kier molecular flexibility index (Phi) is 3.08. The fourth-order valence-electron chi connectivity index (χ4n) is 1.21. The Bertz CT molecular complexity index is 510. The zero-order valence-corrected chi connectivity index (χ0v) is 11.1. The van der Waals surface area contributed by atoms with Crippen molar-refractivity contribution in [1.82, 2.24) is 10.2 Å². The van der Waals surface area contributed by atoms with E-state index in [0.29, 0.717) is 15.9 Å². The molecule has 2 aromatic rings. The average Bonchev–Trinajstić information content (AvgIpc) is 2.52. The van der Waals surface area contributed by atoms with Crippen LogP contribution in [-0.2, 0) is 0 Å². The lowest BCUT2D eigenvalue weighted by atomic mass is 10.1. The minimum absolute atomic E-state index is 0.460. The number of hydrogen-bond acceptors (Lipinski definition) is 2. The fourth-order valence-corrected chi connectivity index (χ4v) is 2.13. The predicted molar refractivity (Wildman–Crippen MR) is 71.2 cm³/mol. The highest BCUT2D eigenvalue weighted by Crippen LogP contribution is 2.33. The highest BCUT2D eigenvalue weighted by molar-refractivity contribution is 14.1. The molecular weight excluding hydrogens is 348 g/mol. The molecule has 0 saturated carbocycles. The van der Waals surface area contributed by atoms with Gasteiger partial charge in [-0.2, -0.15) is 5.10 Å². The summed E-state index contributed by atoms with van der Waals surface area (Å²) in [6.07, 6.45) is 0. The van der Waals surface area contributed by atoms with E-state index in [-0.39, 0.29) is 0 Å². The second-order valence-corrected chi connectivity index (χ2v) is 4.84. The standard InChI is InChI=1S/C9H6Cl2IN3/c10-4-1-2-6(11)5(3-4)8-7(12)9(13)15-14-8/h1-3H,(H3,13,14,15). The number of aromatic amines is 1. The van der Waals surface area contributed by atoms with E-state index in [1.807, 2.05) is 0 Å².